The van der Waals surface area contributed by atoms with Gasteiger partial charge in [0.05, 0.1) is 9.75 Å². The number of anilines is 1. The van der Waals surface area contributed by atoms with E-state index >= 15 is 0 Å². The first-order chi connectivity index (χ1) is 12.4. The second-order valence-electron chi connectivity index (χ2n) is 4.77. The van der Waals surface area contributed by atoms with Gasteiger partial charge in [-0.15, -0.1) is 11.3 Å². The Morgan fingerprint density at radius 1 is 0.963 bits per heavy atom. The zero-order valence-corrected chi connectivity index (χ0v) is 13.5. The Morgan fingerprint density at radius 3 is 2.19 bits per heavy atom. The van der Waals surface area contributed by atoms with Gasteiger partial charge in [0.25, 0.3) is 11.7 Å². The molecule has 0 atom stereocenters. The fraction of sp³-hybridized carbons (Fsp3) is 0.143. The van der Waals surface area contributed by atoms with Gasteiger partial charge in [0, 0.05) is 10.8 Å². The van der Waals surface area contributed by atoms with E-state index in [0.29, 0.717) is 16.1 Å². The summed E-state index contributed by atoms with van der Waals surface area (Å²) in [7, 11) is 0. The van der Waals surface area contributed by atoms with Crippen molar-refractivity contribution in [3.05, 3.63) is 46.4 Å². The van der Waals surface area contributed by atoms with Gasteiger partial charge in [-0.05, 0) is 18.2 Å². The Morgan fingerprint density at radius 2 is 1.59 bits per heavy atom. The van der Waals surface area contributed by atoms with Gasteiger partial charge in [0.1, 0.15) is 5.69 Å². The molecule has 6 nitrogen and oxygen atoms in total. The molecular formula is C14H7F6N2O4S+. The number of hydrogen-bond acceptors (Lipinski definition) is 5. The maximum Gasteiger partial charge on any atom is 0.498 e. The minimum absolute atomic E-state index is 0.116. The van der Waals surface area contributed by atoms with Crippen molar-refractivity contribution in [3.8, 4) is 0 Å². The number of nitrogens with one attached hydrogen (secondary N) is 1. The molecule has 144 valence electrons. The monoisotopic (exact) mass is 413 g/mol. The summed E-state index contributed by atoms with van der Waals surface area (Å²) in [5.74, 6) is -5.52. The lowest BCUT2D eigenvalue weighted by atomic mass is 10.3. The Kier molecular flexibility index (Phi) is 5.54. The molecule has 0 spiro atoms. The molecule has 0 saturated heterocycles. The first kappa shape index (κ1) is 20.4. The molecule has 2 rings (SSSR count). The lowest BCUT2D eigenvalue weighted by molar-refractivity contribution is -0.870. The molecule has 0 unspecified atom stereocenters. The molecular weight excluding hydrogens is 406 g/mol. The van der Waals surface area contributed by atoms with Crippen molar-refractivity contribution in [2.45, 2.75) is 12.4 Å². The van der Waals surface area contributed by atoms with Crippen molar-refractivity contribution in [1.82, 2.24) is 0 Å². The van der Waals surface area contributed by atoms with Gasteiger partial charge in [0.2, 0.25) is 12.4 Å². The van der Waals surface area contributed by atoms with Gasteiger partial charge in [-0.25, -0.2) is 4.79 Å². The zero-order chi connectivity index (χ0) is 20.4. The minimum atomic E-state index is -5.23. The number of rotatable bonds is 4. The third kappa shape index (κ3) is 5.26. The van der Waals surface area contributed by atoms with Gasteiger partial charge in [-0.1, -0.05) is 0 Å². The molecule has 2 aromatic heterocycles. The number of ketones is 1. The van der Waals surface area contributed by atoms with Crippen LogP contribution in [0.2, 0.25) is 0 Å². The number of carbonyl (C=O) groups excluding carboxylic acids is 3. The van der Waals surface area contributed by atoms with Crippen LogP contribution < -0.4 is 14.9 Å². The lowest BCUT2D eigenvalue weighted by Crippen LogP contribution is -2.50. The molecule has 0 aliphatic heterocycles. The standard InChI is InChI=1S/C14H6F6N2O4S/c15-13(16,17)10(23)8-3-4-9(27-8)11(24)21-7-2-1-5-22(6-7)26-12(25)14(18,19)20/h1-6H/p+1. The molecule has 0 fully saturated rings. The summed E-state index contributed by atoms with van der Waals surface area (Å²) >= 11 is 0.291. The Hall–Kier alpha value is -2.96. The highest BCUT2D eigenvalue weighted by Gasteiger charge is 2.44. The predicted molar refractivity (Wildman–Crippen MR) is 76.9 cm³/mol. The van der Waals surface area contributed by atoms with Gasteiger partial charge in [0.15, 0.2) is 0 Å². The second kappa shape index (κ2) is 7.34. The molecule has 0 aromatic carbocycles. The van der Waals surface area contributed by atoms with E-state index < -0.39 is 34.9 Å². The number of thiophene rings is 1. The first-order valence-corrected chi connectivity index (χ1v) is 7.53. The number of pyridine rings is 1. The number of hydrogen-bond donors (Lipinski definition) is 1. The van der Waals surface area contributed by atoms with Crippen LogP contribution >= 0.6 is 11.3 Å². The van der Waals surface area contributed by atoms with Gasteiger partial charge in [-0.2, -0.15) is 31.2 Å². The highest BCUT2D eigenvalue weighted by molar-refractivity contribution is 7.16. The number of Topliss-reactive ketones (excluding diaryl/α,β-unsaturated/α-hetero) is 1. The average Bonchev–Trinajstić information content (AvgIpc) is 3.02. The molecule has 13 heteroatoms. The van der Waals surface area contributed by atoms with Crippen LogP contribution in [-0.2, 0) is 4.79 Å². The fourth-order valence-corrected chi connectivity index (χ4v) is 2.51. The quantitative estimate of drug-likeness (QED) is 0.475. The Labute approximate surface area is 149 Å². The van der Waals surface area contributed by atoms with Crippen LogP contribution in [0.25, 0.3) is 0 Å². The average molecular weight is 413 g/mol. The third-order valence-corrected chi connectivity index (χ3v) is 3.85. The summed E-state index contributed by atoms with van der Waals surface area (Å²) in [6.45, 7) is 0. The summed E-state index contributed by atoms with van der Waals surface area (Å²) in [6.07, 6.45) is -8.54. The van der Waals surface area contributed by atoms with Crippen LogP contribution in [0.4, 0.5) is 32.0 Å². The SMILES string of the molecule is O=C(Nc1ccc[n+](OC(=O)C(F)(F)F)c1)c1ccc(C(=O)C(F)(F)F)s1. The summed E-state index contributed by atoms with van der Waals surface area (Å²) in [5, 5.41) is 2.19. The molecule has 0 saturated carbocycles. The molecule has 0 aliphatic rings. The van der Waals surface area contributed by atoms with Crippen molar-refractivity contribution in [2.24, 2.45) is 0 Å². The third-order valence-electron chi connectivity index (χ3n) is 2.76. The number of halogens is 6. The van der Waals surface area contributed by atoms with Crippen LogP contribution in [0, 0.1) is 0 Å². The lowest BCUT2D eigenvalue weighted by Gasteiger charge is -2.03. The number of carbonyl (C=O) groups is 3. The van der Waals surface area contributed by atoms with E-state index in [-0.39, 0.29) is 10.6 Å². The maximum atomic E-state index is 12.4. The summed E-state index contributed by atoms with van der Waals surface area (Å²) < 4.78 is 73.9. The van der Waals surface area contributed by atoms with Crippen LogP contribution in [0.15, 0.2) is 36.7 Å². The Bertz CT molecular complexity index is 890. The number of alkyl halides is 6. The van der Waals surface area contributed by atoms with E-state index in [9.17, 15) is 40.7 Å². The van der Waals surface area contributed by atoms with Crippen molar-refractivity contribution in [2.75, 3.05) is 5.32 Å². The van der Waals surface area contributed by atoms with E-state index in [1.165, 1.54) is 6.07 Å². The van der Waals surface area contributed by atoms with E-state index in [1.807, 2.05) is 0 Å². The molecule has 0 bridgehead atoms. The van der Waals surface area contributed by atoms with Gasteiger partial charge < -0.3 is 5.32 Å². The number of aromatic nitrogens is 1. The molecule has 2 heterocycles. The van der Waals surface area contributed by atoms with Crippen molar-refractivity contribution in [3.63, 3.8) is 0 Å². The topological polar surface area (TPSA) is 76.4 Å². The number of nitrogens with zero attached hydrogens (tertiary/aromatic N) is 1. The maximum absolute atomic E-state index is 12.4. The van der Waals surface area contributed by atoms with Crippen LogP contribution in [0.5, 0.6) is 0 Å². The van der Waals surface area contributed by atoms with E-state index in [2.05, 4.69) is 10.2 Å². The van der Waals surface area contributed by atoms with Crippen LogP contribution in [0.3, 0.4) is 0 Å². The normalized spacial score (nSPS) is 11.8. The predicted octanol–water partition coefficient (Wildman–Crippen LogP) is 2.55. The summed E-state index contributed by atoms with van der Waals surface area (Å²) in [5.41, 5.74) is -0.116. The molecule has 1 amide bonds. The van der Waals surface area contributed by atoms with Crippen LogP contribution in [0.1, 0.15) is 19.3 Å². The second-order valence-corrected chi connectivity index (χ2v) is 5.86. The van der Waals surface area contributed by atoms with Crippen molar-refractivity contribution >= 4 is 34.7 Å². The van der Waals surface area contributed by atoms with E-state index in [0.717, 1.165) is 30.6 Å². The van der Waals surface area contributed by atoms with Crippen molar-refractivity contribution < 1.29 is 50.3 Å². The highest BCUT2D eigenvalue weighted by atomic mass is 32.1. The molecule has 27 heavy (non-hydrogen) atoms. The van der Waals surface area contributed by atoms with E-state index in [4.69, 9.17) is 0 Å². The molecule has 2 aromatic rings. The minimum Gasteiger partial charge on any atom is -0.316 e. The molecule has 0 radical (unpaired) electrons. The molecule has 0 aliphatic carbocycles. The van der Waals surface area contributed by atoms with E-state index in [1.54, 1.807) is 0 Å². The van der Waals surface area contributed by atoms with Crippen LogP contribution in [-0.4, -0.2) is 30.0 Å². The summed E-state index contributed by atoms with van der Waals surface area (Å²) in [4.78, 5) is 36.9. The highest BCUT2D eigenvalue weighted by Crippen LogP contribution is 2.26. The fourth-order valence-electron chi connectivity index (χ4n) is 1.65. The van der Waals surface area contributed by atoms with Crippen molar-refractivity contribution in [1.29, 1.82) is 0 Å². The largest absolute Gasteiger partial charge is 0.498 e. The first-order valence-electron chi connectivity index (χ1n) is 6.71. The molecule has 1 N–H and O–H groups in total. The zero-order valence-electron chi connectivity index (χ0n) is 12.7. The summed E-state index contributed by atoms with van der Waals surface area (Å²) in [6, 6.07) is 4.18. The number of amides is 1. The van der Waals surface area contributed by atoms with Gasteiger partial charge in [-0.3, -0.25) is 9.59 Å². The van der Waals surface area contributed by atoms with Gasteiger partial charge >= 0.3 is 18.3 Å². The smallest absolute Gasteiger partial charge is 0.316 e. The Balaban J connectivity index is 2.11.